The van der Waals surface area contributed by atoms with Crippen molar-refractivity contribution in [3.63, 3.8) is 0 Å². The van der Waals surface area contributed by atoms with E-state index < -0.39 is 0 Å². The highest BCUT2D eigenvalue weighted by Gasteiger charge is 2.22. The van der Waals surface area contributed by atoms with Crippen LogP contribution in [0.1, 0.15) is 35.7 Å². The minimum absolute atomic E-state index is 0.0175. The van der Waals surface area contributed by atoms with Gasteiger partial charge < -0.3 is 10.6 Å². The van der Waals surface area contributed by atoms with Crippen LogP contribution in [0.2, 0.25) is 0 Å². The average Bonchev–Trinajstić information content (AvgIpc) is 3.10. The molecule has 5 nitrogen and oxygen atoms in total. The number of hydrogen-bond donors (Lipinski definition) is 2. The Balaban J connectivity index is 1.35. The van der Waals surface area contributed by atoms with E-state index in [1.807, 2.05) is 6.07 Å². The van der Waals surface area contributed by atoms with E-state index in [0.717, 1.165) is 26.1 Å². The Morgan fingerprint density at radius 2 is 1.81 bits per heavy atom. The normalized spacial score (nSPS) is 16.9. The van der Waals surface area contributed by atoms with Crippen LogP contribution in [0.25, 0.3) is 0 Å². The molecular weight excluding hydrogens is 338 g/mol. The Bertz CT molecular complexity index is 759. The highest BCUT2D eigenvalue weighted by Crippen LogP contribution is 2.21. The lowest BCUT2D eigenvalue weighted by Gasteiger charge is -2.16. The monoisotopic (exact) mass is 365 g/mol. The molecule has 27 heavy (non-hydrogen) atoms. The molecule has 1 aliphatic rings. The summed E-state index contributed by atoms with van der Waals surface area (Å²) in [5, 5.41) is 5.73. The molecule has 1 aliphatic heterocycles. The van der Waals surface area contributed by atoms with Gasteiger partial charge >= 0.3 is 6.03 Å². The van der Waals surface area contributed by atoms with E-state index in [1.165, 1.54) is 18.9 Å². The maximum atomic E-state index is 12.0. The third kappa shape index (κ3) is 5.93. The highest BCUT2D eigenvalue weighted by molar-refractivity contribution is 5.95. The van der Waals surface area contributed by atoms with Gasteiger partial charge in [-0.3, -0.25) is 9.69 Å². The number of ketones is 1. The smallest absolute Gasteiger partial charge is 0.319 e. The fourth-order valence-corrected chi connectivity index (χ4v) is 3.49. The van der Waals surface area contributed by atoms with Crippen LogP contribution in [-0.4, -0.2) is 36.3 Å². The number of carbonyl (C=O) groups is 2. The fourth-order valence-electron chi connectivity index (χ4n) is 3.49. The van der Waals surface area contributed by atoms with Crippen molar-refractivity contribution in [2.24, 2.45) is 5.92 Å². The van der Waals surface area contributed by atoms with E-state index in [9.17, 15) is 9.59 Å². The number of carbonyl (C=O) groups excluding carboxylic acids is 2. The van der Waals surface area contributed by atoms with Gasteiger partial charge in [0.15, 0.2) is 5.78 Å². The summed E-state index contributed by atoms with van der Waals surface area (Å²) in [6.45, 7) is 5.40. The summed E-state index contributed by atoms with van der Waals surface area (Å²) >= 11 is 0. The first kappa shape index (κ1) is 19.1. The highest BCUT2D eigenvalue weighted by atomic mass is 16.2. The number of hydrogen-bond acceptors (Lipinski definition) is 3. The van der Waals surface area contributed by atoms with Crippen LogP contribution in [0, 0.1) is 5.92 Å². The molecule has 1 heterocycles. The summed E-state index contributed by atoms with van der Waals surface area (Å²) < 4.78 is 0. The Hall–Kier alpha value is -2.66. The van der Waals surface area contributed by atoms with Gasteiger partial charge in [-0.05, 0) is 62.1 Å². The third-order valence-electron chi connectivity index (χ3n) is 5.01. The molecule has 0 spiro atoms. The second-order valence-electron chi connectivity index (χ2n) is 7.18. The minimum Gasteiger partial charge on any atom is -0.338 e. The van der Waals surface area contributed by atoms with Gasteiger partial charge in [-0.2, -0.15) is 0 Å². The molecule has 0 aromatic heterocycles. The molecule has 142 valence electrons. The van der Waals surface area contributed by atoms with Gasteiger partial charge in [-0.1, -0.05) is 30.3 Å². The molecule has 0 saturated carbocycles. The average molecular weight is 365 g/mol. The molecule has 0 bridgehead atoms. The Morgan fingerprint density at radius 3 is 2.52 bits per heavy atom. The van der Waals surface area contributed by atoms with Crippen LogP contribution >= 0.6 is 0 Å². The molecule has 1 fully saturated rings. The number of nitrogens with one attached hydrogen (secondary N) is 2. The van der Waals surface area contributed by atoms with Crippen molar-refractivity contribution in [3.8, 4) is 0 Å². The number of likely N-dealkylation sites (tertiary alicyclic amines) is 1. The molecule has 1 saturated heterocycles. The van der Waals surface area contributed by atoms with E-state index in [-0.39, 0.29) is 11.8 Å². The molecule has 2 aromatic rings. The van der Waals surface area contributed by atoms with Crippen LogP contribution in [0.3, 0.4) is 0 Å². The zero-order valence-electron chi connectivity index (χ0n) is 15.8. The summed E-state index contributed by atoms with van der Waals surface area (Å²) in [7, 11) is 0. The summed E-state index contributed by atoms with van der Waals surface area (Å²) in [6, 6.07) is 17.3. The summed E-state index contributed by atoms with van der Waals surface area (Å²) in [6.07, 6.45) is 2.17. The molecule has 1 atom stereocenters. The maximum Gasteiger partial charge on any atom is 0.319 e. The Kier molecular flexibility index (Phi) is 6.60. The predicted molar refractivity (Wildman–Crippen MR) is 108 cm³/mol. The van der Waals surface area contributed by atoms with Crippen molar-refractivity contribution in [1.29, 1.82) is 0 Å². The molecule has 2 N–H and O–H groups in total. The summed E-state index contributed by atoms with van der Waals surface area (Å²) in [5.74, 6) is 0.646. The first-order valence-corrected chi connectivity index (χ1v) is 9.52. The van der Waals surface area contributed by atoms with E-state index >= 15 is 0 Å². The zero-order valence-corrected chi connectivity index (χ0v) is 15.8. The minimum atomic E-state index is -0.204. The van der Waals surface area contributed by atoms with E-state index in [4.69, 9.17) is 0 Å². The Morgan fingerprint density at radius 1 is 1.07 bits per heavy atom. The first-order valence-electron chi connectivity index (χ1n) is 9.52. The number of nitrogens with zero attached hydrogens (tertiary/aromatic N) is 1. The summed E-state index contributed by atoms with van der Waals surface area (Å²) in [5.41, 5.74) is 2.68. The van der Waals surface area contributed by atoms with Crippen molar-refractivity contribution >= 4 is 17.5 Å². The molecule has 0 radical (unpaired) electrons. The molecule has 5 heteroatoms. The number of benzene rings is 2. The standard InChI is InChI=1S/C22H27N3O2/c1-17(26)20-7-9-21(10-8-20)24-22(27)23-13-11-19-12-14-25(16-19)15-18-5-3-2-4-6-18/h2-10,19H,11-16H2,1H3,(H2,23,24,27)/t19-/m0/s1. The molecule has 2 amide bonds. The fraction of sp³-hybridized carbons (Fsp3) is 0.364. The van der Waals surface area contributed by atoms with Crippen LogP contribution in [0.5, 0.6) is 0 Å². The van der Waals surface area contributed by atoms with Crippen molar-refractivity contribution in [2.75, 3.05) is 25.0 Å². The first-order chi connectivity index (χ1) is 13.1. The molecule has 0 unspecified atom stereocenters. The van der Waals surface area contributed by atoms with Gasteiger partial charge in [-0.25, -0.2) is 4.79 Å². The van der Waals surface area contributed by atoms with E-state index in [1.54, 1.807) is 24.3 Å². The van der Waals surface area contributed by atoms with Crippen molar-refractivity contribution < 1.29 is 9.59 Å². The number of urea groups is 1. The van der Waals surface area contributed by atoms with Gasteiger partial charge in [-0.15, -0.1) is 0 Å². The second kappa shape index (κ2) is 9.33. The quantitative estimate of drug-likeness (QED) is 0.731. The molecule has 3 rings (SSSR count). The molecule has 0 aliphatic carbocycles. The van der Waals surface area contributed by atoms with Crippen molar-refractivity contribution in [2.45, 2.75) is 26.3 Å². The lowest BCUT2D eigenvalue weighted by atomic mass is 10.1. The van der Waals surface area contributed by atoms with Gasteiger partial charge in [0.05, 0.1) is 0 Å². The predicted octanol–water partition coefficient (Wildman–Crippen LogP) is 3.92. The van der Waals surface area contributed by atoms with Gasteiger partial charge in [0.25, 0.3) is 0 Å². The van der Waals surface area contributed by atoms with E-state index in [2.05, 4.69) is 39.8 Å². The van der Waals surface area contributed by atoms with E-state index in [0.29, 0.717) is 23.7 Å². The Labute approximate surface area is 160 Å². The van der Waals surface area contributed by atoms with Crippen LogP contribution < -0.4 is 10.6 Å². The molecular formula is C22H27N3O2. The largest absolute Gasteiger partial charge is 0.338 e. The van der Waals surface area contributed by atoms with Crippen molar-refractivity contribution in [3.05, 3.63) is 65.7 Å². The number of rotatable bonds is 7. The SMILES string of the molecule is CC(=O)c1ccc(NC(=O)NCC[C@H]2CCN(Cc3ccccc3)C2)cc1. The maximum absolute atomic E-state index is 12.0. The number of amides is 2. The number of Topliss-reactive ketones (excluding diaryl/α,β-unsaturated/α-hetero) is 1. The second-order valence-corrected chi connectivity index (χ2v) is 7.18. The van der Waals surface area contributed by atoms with Crippen LogP contribution in [-0.2, 0) is 6.54 Å². The lowest BCUT2D eigenvalue weighted by Crippen LogP contribution is -2.31. The van der Waals surface area contributed by atoms with Gasteiger partial charge in [0, 0.05) is 30.9 Å². The third-order valence-corrected chi connectivity index (χ3v) is 5.01. The molecule has 2 aromatic carbocycles. The van der Waals surface area contributed by atoms with Gasteiger partial charge in [0.2, 0.25) is 0 Å². The van der Waals surface area contributed by atoms with Gasteiger partial charge in [0.1, 0.15) is 0 Å². The van der Waals surface area contributed by atoms with Crippen LogP contribution in [0.4, 0.5) is 10.5 Å². The lowest BCUT2D eigenvalue weighted by molar-refractivity contribution is 0.101. The zero-order chi connectivity index (χ0) is 19.1. The van der Waals surface area contributed by atoms with Crippen LogP contribution in [0.15, 0.2) is 54.6 Å². The topological polar surface area (TPSA) is 61.4 Å². The summed E-state index contributed by atoms with van der Waals surface area (Å²) in [4.78, 5) is 25.8. The number of anilines is 1. The van der Waals surface area contributed by atoms with Crippen molar-refractivity contribution in [1.82, 2.24) is 10.2 Å².